The molecule has 1 aliphatic rings. The Hall–Kier alpha value is -3.65. The molecule has 0 spiro atoms. The molecule has 2 aromatic heterocycles. The summed E-state index contributed by atoms with van der Waals surface area (Å²) in [5.74, 6) is 2.20. The number of hydrogen-bond acceptors (Lipinski definition) is 8. The Balaban J connectivity index is 1.85. The van der Waals surface area contributed by atoms with Crippen LogP contribution in [-0.4, -0.2) is 26.1 Å². The molecule has 160 valence electrons. The van der Waals surface area contributed by atoms with E-state index < -0.39 is 11.2 Å². The first-order chi connectivity index (χ1) is 14.8. The van der Waals surface area contributed by atoms with Crippen molar-refractivity contribution in [3.05, 3.63) is 46.5 Å². The molecule has 0 atom stereocenters. The number of fused-ring (bicyclic) bond motifs is 3. The molecule has 8 nitrogen and oxygen atoms in total. The van der Waals surface area contributed by atoms with Crippen LogP contribution in [0.4, 0.5) is 0 Å². The summed E-state index contributed by atoms with van der Waals surface area (Å²) in [6.45, 7) is 3.36. The molecule has 5 rings (SSSR count). The van der Waals surface area contributed by atoms with Crippen LogP contribution < -0.4 is 24.6 Å². The van der Waals surface area contributed by atoms with Gasteiger partial charge in [0.25, 0.3) is 0 Å². The number of benzene rings is 2. The minimum atomic E-state index is -1.20. The molecule has 4 aromatic rings. The SMILES string of the molecule is COc1c(-c2ccc3c(c2)OCO3)c(=O)oc2cc3oc(C(C)(C)O)cc3c(OC)c12. The summed E-state index contributed by atoms with van der Waals surface area (Å²) < 4.78 is 33.6. The van der Waals surface area contributed by atoms with Crippen LogP contribution in [0.1, 0.15) is 19.6 Å². The molecule has 0 unspecified atom stereocenters. The van der Waals surface area contributed by atoms with Crippen molar-refractivity contribution in [3.63, 3.8) is 0 Å². The maximum Gasteiger partial charge on any atom is 0.348 e. The third-order valence-electron chi connectivity index (χ3n) is 5.27. The van der Waals surface area contributed by atoms with Gasteiger partial charge >= 0.3 is 5.63 Å². The van der Waals surface area contributed by atoms with Crippen LogP contribution in [0.2, 0.25) is 0 Å². The van der Waals surface area contributed by atoms with Crippen molar-refractivity contribution in [1.82, 2.24) is 0 Å². The second-order valence-corrected chi connectivity index (χ2v) is 7.73. The predicted octanol–water partition coefficient (Wildman–Crippen LogP) is 4.18. The number of hydrogen-bond donors (Lipinski definition) is 1. The van der Waals surface area contributed by atoms with Gasteiger partial charge in [0.1, 0.15) is 45.0 Å². The van der Waals surface area contributed by atoms with Crippen LogP contribution in [0.5, 0.6) is 23.0 Å². The van der Waals surface area contributed by atoms with E-state index in [1.54, 1.807) is 44.2 Å². The van der Waals surface area contributed by atoms with E-state index in [1.165, 1.54) is 14.2 Å². The second kappa shape index (κ2) is 6.68. The molecule has 1 N–H and O–H groups in total. The predicted molar refractivity (Wildman–Crippen MR) is 112 cm³/mol. The van der Waals surface area contributed by atoms with E-state index in [2.05, 4.69) is 0 Å². The van der Waals surface area contributed by atoms with Gasteiger partial charge in [-0.15, -0.1) is 0 Å². The summed E-state index contributed by atoms with van der Waals surface area (Å²) in [5, 5.41) is 11.5. The first-order valence-electron chi connectivity index (χ1n) is 9.60. The third kappa shape index (κ3) is 2.90. The molecule has 0 amide bonds. The molecule has 3 heterocycles. The van der Waals surface area contributed by atoms with Crippen LogP contribution in [0, 0.1) is 0 Å². The Morgan fingerprint density at radius 3 is 2.39 bits per heavy atom. The maximum absolute atomic E-state index is 13.0. The first-order valence-corrected chi connectivity index (χ1v) is 9.60. The van der Waals surface area contributed by atoms with Crippen molar-refractivity contribution in [3.8, 4) is 34.1 Å². The molecule has 0 aliphatic carbocycles. The van der Waals surface area contributed by atoms with Crippen LogP contribution >= 0.6 is 0 Å². The summed E-state index contributed by atoms with van der Waals surface area (Å²) in [6.07, 6.45) is 0. The number of rotatable bonds is 4. The normalized spacial score (nSPS) is 13.2. The second-order valence-electron chi connectivity index (χ2n) is 7.73. The fourth-order valence-electron chi connectivity index (χ4n) is 3.81. The minimum Gasteiger partial charge on any atom is -0.495 e. The van der Waals surface area contributed by atoms with Gasteiger partial charge in [-0.2, -0.15) is 0 Å². The Labute approximate surface area is 176 Å². The number of aliphatic hydroxyl groups is 1. The molecule has 0 bridgehead atoms. The molecule has 8 heteroatoms. The Kier molecular flexibility index (Phi) is 4.16. The van der Waals surface area contributed by atoms with Gasteiger partial charge in [-0.25, -0.2) is 4.79 Å². The molecule has 0 saturated carbocycles. The summed E-state index contributed by atoms with van der Waals surface area (Å²) in [5.41, 5.74) is -0.326. The molecule has 0 saturated heterocycles. The Bertz CT molecular complexity index is 1390. The van der Waals surface area contributed by atoms with Crippen molar-refractivity contribution < 1.29 is 32.9 Å². The molecular weight excluding hydrogens is 404 g/mol. The summed E-state index contributed by atoms with van der Waals surface area (Å²) in [7, 11) is 2.99. The van der Waals surface area contributed by atoms with E-state index in [0.29, 0.717) is 50.7 Å². The molecular formula is C23H20O8. The highest BCUT2D eigenvalue weighted by Crippen LogP contribution is 2.46. The van der Waals surface area contributed by atoms with E-state index in [4.69, 9.17) is 27.8 Å². The van der Waals surface area contributed by atoms with Gasteiger partial charge in [-0.1, -0.05) is 6.07 Å². The fraction of sp³-hybridized carbons (Fsp3) is 0.261. The topological polar surface area (TPSA) is 101 Å². The number of ether oxygens (including phenoxy) is 4. The first kappa shape index (κ1) is 19.3. The van der Waals surface area contributed by atoms with E-state index in [1.807, 2.05) is 0 Å². The van der Waals surface area contributed by atoms with Crippen molar-refractivity contribution in [2.75, 3.05) is 21.0 Å². The Morgan fingerprint density at radius 1 is 0.935 bits per heavy atom. The standard InChI is InChI=1S/C23H20O8/c1-23(2,25)17-8-12-14(30-17)9-16-19(20(12)26-3)21(27-4)18(22(24)31-16)11-5-6-13-15(7-11)29-10-28-13/h5-9,25H,10H2,1-4H3. The van der Waals surface area contributed by atoms with E-state index in [-0.39, 0.29) is 17.9 Å². The van der Waals surface area contributed by atoms with Gasteiger partial charge in [0.2, 0.25) is 6.79 Å². The Morgan fingerprint density at radius 2 is 1.68 bits per heavy atom. The lowest BCUT2D eigenvalue weighted by Crippen LogP contribution is -2.13. The number of furan rings is 1. The maximum atomic E-state index is 13.0. The van der Waals surface area contributed by atoms with Crippen molar-refractivity contribution in [2.24, 2.45) is 0 Å². The quantitative estimate of drug-likeness (QED) is 0.487. The van der Waals surface area contributed by atoms with Gasteiger partial charge in [0.05, 0.1) is 19.6 Å². The van der Waals surface area contributed by atoms with Gasteiger partial charge in [-0.3, -0.25) is 0 Å². The zero-order valence-electron chi connectivity index (χ0n) is 17.4. The minimum absolute atomic E-state index is 0.123. The molecule has 0 fully saturated rings. The highest BCUT2D eigenvalue weighted by atomic mass is 16.7. The average molecular weight is 424 g/mol. The lowest BCUT2D eigenvalue weighted by molar-refractivity contribution is 0.0559. The molecule has 0 radical (unpaired) electrons. The molecule has 1 aliphatic heterocycles. The monoisotopic (exact) mass is 424 g/mol. The molecule has 2 aromatic carbocycles. The lowest BCUT2D eigenvalue weighted by atomic mass is 10.0. The largest absolute Gasteiger partial charge is 0.495 e. The van der Waals surface area contributed by atoms with Crippen molar-refractivity contribution in [1.29, 1.82) is 0 Å². The van der Waals surface area contributed by atoms with Crippen LogP contribution in [0.25, 0.3) is 33.1 Å². The highest BCUT2D eigenvalue weighted by Gasteiger charge is 2.27. The van der Waals surface area contributed by atoms with Gasteiger partial charge < -0.3 is 32.9 Å². The molecule has 31 heavy (non-hydrogen) atoms. The lowest BCUT2D eigenvalue weighted by Gasteiger charge is -2.14. The van der Waals surface area contributed by atoms with Crippen molar-refractivity contribution >= 4 is 21.9 Å². The highest BCUT2D eigenvalue weighted by molar-refractivity contribution is 6.06. The van der Waals surface area contributed by atoms with E-state index in [9.17, 15) is 9.90 Å². The fourth-order valence-corrected chi connectivity index (χ4v) is 3.81. The zero-order chi connectivity index (χ0) is 21.9. The third-order valence-corrected chi connectivity index (χ3v) is 5.27. The average Bonchev–Trinajstić information content (AvgIpc) is 3.37. The van der Waals surface area contributed by atoms with Crippen LogP contribution in [-0.2, 0) is 5.60 Å². The van der Waals surface area contributed by atoms with Gasteiger partial charge in [0.15, 0.2) is 11.5 Å². The smallest absolute Gasteiger partial charge is 0.348 e. The van der Waals surface area contributed by atoms with Gasteiger partial charge in [-0.05, 0) is 37.6 Å². The van der Waals surface area contributed by atoms with E-state index >= 15 is 0 Å². The zero-order valence-corrected chi connectivity index (χ0v) is 17.4. The summed E-state index contributed by atoms with van der Waals surface area (Å²) in [4.78, 5) is 13.0. The van der Waals surface area contributed by atoms with Crippen LogP contribution in [0.15, 0.2) is 44.0 Å². The summed E-state index contributed by atoms with van der Waals surface area (Å²) in [6, 6.07) is 8.47. The van der Waals surface area contributed by atoms with E-state index in [0.717, 1.165) is 0 Å². The summed E-state index contributed by atoms with van der Waals surface area (Å²) >= 11 is 0. The van der Waals surface area contributed by atoms with Gasteiger partial charge in [0, 0.05) is 6.07 Å². The van der Waals surface area contributed by atoms with Crippen molar-refractivity contribution in [2.45, 2.75) is 19.4 Å². The van der Waals surface area contributed by atoms with Crippen LogP contribution in [0.3, 0.4) is 0 Å². The number of methoxy groups -OCH3 is 2.